The van der Waals surface area contributed by atoms with Crippen molar-refractivity contribution in [1.29, 1.82) is 0 Å². The van der Waals surface area contributed by atoms with Gasteiger partial charge in [0.05, 0.1) is 18.5 Å². The zero-order valence-electron chi connectivity index (χ0n) is 10.8. The molecule has 0 saturated heterocycles. The standard InChI is InChI=1S/C13H14N4OS/c1-3-18-11-6-4-10(5-7-11)15-12-16-17-8-9(2)14-13(17)19-12/h4-8H,3H2,1-2H3,(H,15,16). The number of fused-ring (bicyclic) bond motifs is 1. The fourth-order valence-electron chi connectivity index (χ4n) is 1.78. The Hall–Kier alpha value is -2.08. The summed E-state index contributed by atoms with van der Waals surface area (Å²) in [5.41, 5.74) is 1.96. The molecule has 1 N–H and O–H groups in total. The van der Waals surface area contributed by atoms with Crippen molar-refractivity contribution in [2.24, 2.45) is 0 Å². The second kappa shape index (κ2) is 4.89. The molecule has 2 aromatic heterocycles. The summed E-state index contributed by atoms with van der Waals surface area (Å²) in [6.07, 6.45) is 1.91. The molecule has 0 aliphatic carbocycles. The van der Waals surface area contributed by atoms with Crippen molar-refractivity contribution in [2.75, 3.05) is 11.9 Å². The predicted molar refractivity (Wildman–Crippen MR) is 76.5 cm³/mol. The smallest absolute Gasteiger partial charge is 0.214 e. The SMILES string of the molecule is CCOc1ccc(Nc2nn3cc(C)nc3s2)cc1. The molecular weight excluding hydrogens is 260 g/mol. The highest BCUT2D eigenvalue weighted by molar-refractivity contribution is 7.20. The number of aryl methyl sites for hydroxylation is 1. The lowest BCUT2D eigenvalue weighted by molar-refractivity contribution is 0.340. The van der Waals surface area contributed by atoms with Crippen LogP contribution in [0.3, 0.4) is 0 Å². The number of benzene rings is 1. The molecule has 0 spiro atoms. The Morgan fingerprint density at radius 2 is 2.11 bits per heavy atom. The van der Waals surface area contributed by atoms with Crippen LogP contribution in [-0.2, 0) is 0 Å². The van der Waals surface area contributed by atoms with Crippen LogP contribution in [0.2, 0.25) is 0 Å². The van der Waals surface area contributed by atoms with Crippen molar-refractivity contribution >= 4 is 27.1 Å². The van der Waals surface area contributed by atoms with Crippen molar-refractivity contribution in [2.45, 2.75) is 13.8 Å². The molecule has 0 aliphatic rings. The van der Waals surface area contributed by atoms with Crippen LogP contribution in [0.5, 0.6) is 5.75 Å². The normalized spacial score (nSPS) is 10.8. The molecule has 0 unspecified atom stereocenters. The first-order valence-electron chi connectivity index (χ1n) is 6.07. The van der Waals surface area contributed by atoms with Crippen LogP contribution < -0.4 is 10.1 Å². The number of anilines is 2. The average molecular weight is 274 g/mol. The molecule has 0 amide bonds. The van der Waals surface area contributed by atoms with Gasteiger partial charge in [0.1, 0.15) is 5.75 Å². The van der Waals surface area contributed by atoms with Crippen molar-refractivity contribution in [3.63, 3.8) is 0 Å². The lowest BCUT2D eigenvalue weighted by atomic mass is 10.3. The summed E-state index contributed by atoms with van der Waals surface area (Å²) in [5, 5.41) is 8.50. The highest BCUT2D eigenvalue weighted by atomic mass is 32.1. The van der Waals surface area contributed by atoms with Crippen LogP contribution in [-0.4, -0.2) is 21.2 Å². The highest BCUT2D eigenvalue weighted by Gasteiger charge is 2.06. The minimum Gasteiger partial charge on any atom is -0.494 e. The summed E-state index contributed by atoms with van der Waals surface area (Å²) in [5.74, 6) is 0.873. The van der Waals surface area contributed by atoms with Gasteiger partial charge in [-0.15, -0.1) is 5.10 Å². The summed E-state index contributed by atoms with van der Waals surface area (Å²) >= 11 is 1.53. The van der Waals surface area contributed by atoms with Crippen molar-refractivity contribution in [3.8, 4) is 5.75 Å². The maximum absolute atomic E-state index is 5.40. The van der Waals surface area contributed by atoms with E-state index in [0.29, 0.717) is 6.61 Å². The van der Waals surface area contributed by atoms with Crippen LogP contribution in [0.4, 0.5) is 10.8 Å². The number of nitrogens with zero attached hydrogens (tertiary/aromatic N) is 3. The second-order valence-corrected chi connectivity index (χ2v) is 5.06. The molecule has 6 heteroatoms. The monoisotopic (exact) mass is 274 g/mol. The van der Waals surface area contributed by atoms with E-state index in [1.807, 2.05) is 44.3 Å². The molecule has 98 valence electrons. The zero-order chi connectivity index (χ0) is 13.2. The first-order chi connectivity index (χ1) is 9.24. The zero-order valence-corrected chi connectivity index (χ0v) is 11.6. The Morgan fingerprint density at radius 1 is 1.32 bits per heavy atom. The highest BCUT2D eigenvalue weighted by Crippen LogP contribution is 2.24. The lowest BCUT2D eigenvalue weighted by Crippen LogP contribution is -1.93. The maximum atomic E-state index is 5.40. The third-order valence-corrected chi connectivity index (χ3v) is 3.42. The van der Waals surface area contributed by atoms with Crippen LogP contribution in [0.25, 0.3) is 4.96 Å². The molecule has 0 aliphatic heterocycles. The first-order valence-corrected chi connectivity index (χ1v) is 6.89. The van der Waals surface area contributed by atoms with Gasteiger partial charge in [0.25, 0.3) is 0 Å². The summed E-state index contributed by atoms with van der Waals surface area (Å²) < 4.78 is 7.19. The Labute approximate surface area is 114 Å². The van der Waals surface area contributed by atoms with Crippen molar-refractivity contribution < 1.29 is 4.74 Å². The minimum absolute atomic E-state index is 0.676. The molecule has 5 nitrogen and oxygen atoms in total. The molecule has 3 rings (SSSR count). The van der Waals surface area contributed by atoms with Crippen LogP contribution >= 0.6 is 11.3 Å². The van der Waals surface area contributed by atoms with E-state index >= 15 is 0 Å². The molecule has 2 heterocycles. The summed E-state index contributed by atoms with van der Waals surface area (Å²) in [6, 6.07) is 7.82. The third kappa shape index (κ3) is 2.53. The molecular formula is C13H14N4OS. The van der Waals surface area contributed by atoms with Gasteiger partial charge in [0.2, 0.25) is 10.1 Å². The van der Waals surface area contributed by atoms with E-state index in [9.17, 15) is 0 Å². The average Bonchev–Trinajstić information content (AvgIpc) is 2.88. The number of hydrogen-bond acceptors (Lipinski definition) is 5. The number of nitrogens with one attached hydrogen (secondary N) is 1. The van der Waals surface area contributed by atoms with E-state index in [-0.39, 0.29) is 0 Å². The van der Waals surface area contributed by atoms with Crippen LogP contribution in [0.15, 0.2) is 30.5 Å². The van der Waals surface area contributed by atoms with Crippen LogP contribution in [0.1, 0.15) is 12.6 Å². The van der Waals surface area contributed by atoms with E-state index in [0.717, 1.165) is 27.2 Å². The topological polar surface area (TPSA) is 51.5 Å². The Bertz CT molecular complexity index is 655. The molecule has 19 heavy (non-hydrogen) atoms. The first kappa shape index (κ1) is 12.0. The van der Waals surface area contributed by atoms with E-state index in [1.54, 1.807) is 4.52 Å². The van der Waals surface area contributed by atoms with E-state index < -0.39 is 0 Å². The van der Waals surface area contributed by atoms with E-state index in [1.165, 1.54) is 11.3 Å². The van der Waals surface area contributed by atoms with Gasteiger partial charge in [0, 0.05) is 5.69 Å². The lowest BCUT2D eigenvalue weighted by Gasteiger charge is -2.05. The van der Waals surface area contributed by atoms with Gasteiger partial charge in [-0.1, -0.05) is 11.3 Å². The van der Waals surface area contributed by atoms with Crippen molar-refractivity contribution in [1.82, 2.24) is 14.6 Å². The Morgan fingerprint density at radius 3 is 2.79 bits per heavy atom. The molecule has 3 aromatic rings. The Balaban J connectivity index is 1.77. The third-order valence-electron chi connectivity index (χ3n) is 2.58. The number of hydrogen-bond donors (Lipinski definition) is 1. The maximum Gasteiger partial charge on any atom is 0.214 e. The number of aromatic nitrogens is 3. The summed E-state index contributed by atoms with van der Waals surface area (Å²) in [6.45, 7) is 4.61. The minimum atomic E-state index is 0.676. The fourth-order valence-corrected chi connectivity index (χ4v) is 2.63. The number of rotatable bonds is 4. The molecule has 0 bridgehead atoms. The molecule has 0 fully saturated rings. The predicted octanol–water partition coefficient (Wildman–Crippen LogP) is 3.24. The van der Waals surface area contributed by atoms with Gasteiger partial charge in [-0.25, -0.2) is 9.50 Å². The van der Waals surface area contributed by atoms with E-state index in [2.05, 4.69) is 15.4 Å². The second-order valence-electron chi connectivity index (χ2n) is 4.10. The number of ether oxygens (including phenoxy) is 1. The molecule has 0 saturated carbocycles. The van der Waals surface area contributed by atoms with Gasteiger partial charge in [0.15, 0.2) is 0 Å². The van der Waals surface area contributed by atoms with Crippen molar-refractivity contribution in [3.05, 3.63) is 36.2 Å². The fraction of sp³-hybridized carbons (Fsp3) is 0.231. The van der Waals surface area contributed by atoms with Crippen LogP contribution in [0, 0.1) is 6.92 Å². The largest absolute Gasteiger partial charge is 0.494 e. The van der Waals surface area contributed by atoms with Gasteiger partial charge in [-0.3, -0.25) is 0 Å². The van der Waals surface area contributed by atoms with Gasteiger partial charge in [-0.05, 0) is 38.1 Å². The molecule has 0 radical (unpaired) electrons. The van der Waals surface area contributed by atoms with Gasteiger partial charge in [-0.2, -0.15) is 0 Å². The molecule has 1 aromatic carbocycles. The van der Waals surface area contributed by atoms with Gasteiger partial charge < -0.3 is 10.1 Å². The Kier molecular flexibility index (Phi) is 3.08. The molecule has 0 atom stereocenters. The summed E-state index contributed by atoms with van der Waals surface area (Å²) in [7, 11) is 0. The van der Waals surface area contributed by atoms with Gasteiger partial charge >= 0.3 is 0 Å². The quantitative estimate of drug-likeness (QED) is 0.793. The summed E-state index contributed by atoms with van der Waals surface area (Å²) in [4.78, 5) is 5.27. The van der Waals surface area contributed by atoms with E-state index in [4.69, 9.17) is 4.74 Å². The number of imidazole rings is 1.